The minimum atomic E-state index is -0.563. The molecule has 1 aromatic carbocycles. The van der Waals surface area contributed by atoms with Crippen LogP contribution in [0.25, 0.3) is 10.9 Å². The van der Waals surface area contributed by atoms with Crippen molar-refractivity contribution in [2.75, 3.05) is 5.32 Å². The van der Waals surface area contributed by atoms with Crippen molar-refractivity contribution in [1.29, 1.82) is 0 Å². The number of fused-ring (bicyclic) bond motifs is 1. The van der Waals surface area contributed by atoms with Crippen LogP contribution in [0.4, 0.5) is 11.6 Å². The van der Waals surface area contributed by atoms with Gasteiger partial charge in [-0.1, -0.05) is 5.92 Å². The first-order valence-corrected chi connectivity index (χ1v) is 6.87. The number of nitrogens with two attached hydrogens (primary N) is 1. The van der Waals surface area contributed by atoms with Crippen molar-refractivity contribution >= 4 is 28.4 Å². The van der Waals surface area contributed by atoms with Crippen molar-refractivity contribution in [2.24, 2.45) is 5.73 Å². The summed E-state index contributed by atoms with van der Waals surface area (Å²) in [5, 5.41) is 8.40. The number of aromatic nitrogens is 4. The summed E-state index contributed by atoms with van der Waals surface area (Å²) in [6, 6.07) is 3.95. The zero-order chi connectivity index (χ0) is 16.4. The molecule has 114 valence electrons. The highest BCUT2D eigenvalue weighted by Gasteiger charge is 2.08. The Labute approximate surface area is 132 Å². The van der Waals surface area contributed by atoms with Gasteiger partial charge in [0.1, 0.15) is 6.54 Å². The third-order valence-corrected chi connectivity index (χ3v) is 3.41. The van der Waals surface area contributed by atoms with Gasteiger partial charge in [-0.3, -0.25) is 9.48 Å². The topological polar surface area (TPSA) is 98.7 Å². The molecule has 0 aliphatic rings. The average Bonchev–Trinajstić information content (AvgIpc) is 2.91. The van der Waals surface area contributed by atoms with Crippen LogP contribution < -0.4 is 11.1 Å². The fourth-order valence-corrected chi connectivity index (χ4v) is 2.23. The molecule has 0 atom stereocenters. The molecule has 0 aliphatic heterocycles. The van der Waals surface area contributed by atoms with Crippen LogP contribution in [0, 0.1) is 19.3 Å². The molecule has 1 amide bonds. The molecule has 0 fully saturated rings. The lowest BCUT2D eigenvalue weighted by atomic mass is 10.1. The molecule has 0 saturated heterocycles. The molecule has 3 N–H and O–H groups in total. The second kappa shape index (κ2) is 5.77. The fourth-order valence-electron chi connectivity index (χ4n) is 2.23. The molecule has 0 saturated carbocycles. The first kappa shape index (κ1) is 14.5. The Kier molecular flexibility index (Phi) is 3.65. The Balaban J connectivity index is 1.95. The van der Waals surface area contributed by atoms with Crippen LogP contribution in [0.5, 0.6) is 0 Å². The van der Waals surface area contributed by atoms with Gasteiger partial charge >= 0.3 is 0 Å². The Morgan fingerprint density at radius 1 is 1.35 bits per heavy atom. The number of primary amides is 1. The van der Waals surface area contributed by atoms with Crippen LogP contribution in [0.1, 0.15) is 15.9 Å². The van der Waals surface area contributed by atoms with Gasteiger partial charge in [-0.2, -0.15) is 5.10 Å². The van der Waals surface area contributed by atoms with Gasteiger partial charge in [0.15, 0.2) is 0 Å². The zero-order valence-electron chi connectivity index (χ0n) is 12.4. The lowest BCUT2D eigenvalue weighted by Crippen LogP contribution is -2.12. The van der Waals surface area contributed by atoms with E-state index in [0.717, 1.165) is 22.2 Å². The van der Waals surface area contributed by atoms with Crippen molar-refractivity contribution in [3.63, 3.8) is 0 Å². The maximum Gasteiger partial charge on any atom is 0.251 e. The second-order valence-corrected chi connectivity index (χ2v) is 5.02. The van der Waals surface area contributed by atoms with Crippen LogP contribution in [-0.4, -0.2) is 25.7 Å². The number of nitrogens with zero attached hydrogens (tertiary/aromatic N) is 4. The number of hydrogen-bond acceptors (Lipinski definition) is 5. The smallest absolute Gasteiger partial charge is 0.251 e. The van der Waals surface area contributed by atoms with Gasteiger partial charge in [0.05, 0.1) is 17.3 Å². The summed E-state index contributed by atoms with van der Waals surface area (Å²) >= 11 is 0. The lowest BCUT2D eigenvalue weighted by Gasteiger charge is -2.09. The van der Waals surface area contributed by atoms with Crippen LogP contribution in [-0.2, 0) is 6.54 Å². The highest BCUT2D eigenvalue weighted by Crippen LogP contribution is 2.25. The summed E-state index contributed by atoms with van der Waals surface area (Å²) in [5.41, 5.74) is 8.20. The van der Waals surface area contributed by atoms with E-state index in [1.807, 2.05) is 19.1 Å². The largest absolute Gasteiger partial charge is 0.366 e. The fraction of sp³-hybridized carbons (Fsp3) is 0.125. The van der Waals surface area contributed by atoms with Gasteiger partial charge in [0, 0.05) is 23.5 Å². The van der Waals surface area contributed by atoms with E-state index < -0.39 is 5.91 Å². The van der Waals surface area contributed by atoms with Gasteiger partial charge in [0.2, 0.25) is 5.95 Å². The predicted octanol–water partition coefficient (Wildman–Crippen LogP) is 1.61. The number of amides is 1. The highest BCUT2D eigenvalue weighted by atomic mass is 16.1. The van der Waals surface area contributed by atoms with E-state index in [1.165, 1.54) is 12.4 Å². The molecule has 7 heteroatoms. The normalized spacial score (nSPS) is 10.4. The Bertz CT molecular complexity index is 920. The zero-order valence-corrected chi connectivity index (χ0v) is 12.4. The molecule has 23 heavy (non-hydrogen) atoms. The number of rotatable bonds is 4. The Morgan fingerprint density at radius 3 is 2.74 bits per heavy atom. The summed E-state index contributed by atoms with van der Waals surface area (Å²) in [7, 11) is 0. The SMILES string of the molecule is C#CCn1ncc2cc(C)c(Nc3ncc(C(N)=O)cn3)cc21. The first-order valence-electron chi connectivity index (χ1n) is 6.87. The Hall–Kier alpha value is -3.40. The van der Waals surface area contributed by atoms with Gasteiger partial charge in [0.25, 0.3) is 5.91 Å². The minimum Gasteiger partial charge on any atom is -0.366 e. The molecule has 0 spiro atoms. The summed E-state index contributed by atoms with van der Waals surface area (Å²) in [6.45, 7) is 2.37. The van der Waals surface area contributed by atoms with Crippen molar-refractivity contribution in [1.82, 2.24) is 19.7 Å². The summed E-state index contributed by atoms with van der Waals surface area (Å²) in [4.78, 5) is 19.2. The summed E-state index contributed by atoms with van der Waals surface area (Å²) in [6.07, 6.45) is 9.90. The quantitative estimate of drug-likeness (QED) is 0.713. The number of anilines is 2. The van der Waals surface area contributed by atoms with Gasteiger partial charge in [-0.15, -0.1) is 6.42 Å². The highest BCUT2D eigenvalue weighted by molar-refractivity contribution is 5.92. The Morgan fingerprint density at radius 2 is 2.09 bits per heavy atom. The van der Waals surface area contributed by atoms with Crippen molar-refractivity contribution in [3.8, 4) is 12.3 Å². The van der Waals surface area contributed by atoms with E-state index in [9.17, 15) is 4.79 Å². The summed E-state index contributed by atoms with van der Waals surface area (Å²) in [5.74, 6) is 2.39. The number of carbonyl (C=O) groups is 1. The van der Waals surface area contributed by atoms with Crippen LogP contribution in [0.15, 0.2) is 30.7 Å². The van der Waals surface area contributed by atoms with Gasteiger partial charge < -0.3 is 11.1 Å². The van der Waals surface area contributed by atoms with Gasteiger partial charge in [-0.25, -0.2) is 9.97 Å². The molecule has 0 radical (unpaired) electrons. The molecule has 2 heterocycles. The molecule has 0 unspecified atom stereocenters. The number of nitrogens with one attached hydrogen (secondary N) is 1. The molecular weight excluding hydrogens is 292 g/mol. The minimum absolute atomic E-state index is 0.259. The number of hydrogen-bond donors (Lipinski definition) is 2. The third kappa shape index (κ3) is 2.82. The monoisotopic (exact) mass is 306 g/mol. The first-order chi connectivity index (χ1) is 11.1. The molecule has 0 aliphatic carbocycles. The van der Waals surface area contributed by atoms with E-state index in [4.69, 9.17) is 12.2 Å². The van der Waals surface area contributed by atoms with E-state index >= 15 is 0 Å². The number of terminal acetylenes is 1. The molecule has 3 aromatic rings. The maximum absolute atomic E-state index is 11.0. The van der Waals surface area contributed by atoms with Crippen LogP contribution >= 0.6 is 0 Å². The number of aryl methyl sites for hydroxylation is 1. The number of carbonyl (C=O) groups excluding carboxylic acids is 1. The van der Waals surface area contributed by atoms with E-state index in [0.29, 0.717) is 12.5 Å². The third-order valence-electron chi connectivity index (χ3n) is 3.41. The average molecular weight is 306 g/mol. The van der Waals surface area contributed by atoms with Crippen molar-refractivity contribution < 1.29 is 4.79 Å². The van der Waals surface area contributed by atoms with Crippen LogP contribution in [0.2, 0.25) is 0 Å². The number of benzene rings is 1. The lowest BCUT2D eigenvalue weighted by molar-refractivity contribution is 0.0999. The molecular formula is C16H14N6O. The second-order valence-electron chi connectivity index (χ2n) is 5.02. The van der Waals surface area contributed by atoms with E-state index in [-0.39, 0.29) is 5.56 Å². The maximum atomic E-state index is 11.0. The standard InChI is InChI=1S/C16H14N6O/c1-3-4-22-14-6-13(10(2)5-11(14)9-20-22)21-16-18-7-12(8-19-16)15(17)23/h1,5-9H,4H2,2H3,(H2,17,23)(H,18,19,21). The summed E-state index contributed by atoms with van der Waals surface area (Å²) < 4.78 is 1.75. The van der Waals surface area contributed by atoms with Crippen molar-refractivity contribution in [3.05, 3.63) is 41.9 Å². The molecule has 3 rings (SSSR count). The molecule has 2 aromatic heterocycles. The van der Waals surface area contributed by atoms with Crippen molar-refractivity contribution in [2.45, 2.75) is 13.5 Å². The van der Waals surface area contributed by atoms with Gasteiger partial charge in [-0.05, 0) is 24.6 Å². The molecule has 7 nitrogen and oxygen atoms in total. The van der Waals surface area contributed by atoms with E-state index in [1.54, 1.807) is 10.9 Å². The predicted molar refractivity (Wildman–Crippen MR) is 87.1 cm³/mol. The van der Waals surface area contributed by atoms with Crippen LogP contribution in [0.3, 0.4) is 0 Å². The van der Waals surface area contributed by atoms with E-state index in [2.05, 4.69) is 26.3 Å². The molecule has 0 bridgehead atoms.